The highest BCUT2D eigenvalue weighted by Crippen LogP contribution is 2.48. The fraction of sp³-hybridized carbons (Fsp3) is 0.278. The summed E-state index contributed by atoms with van der Waals surface area (Å²) in [6.45, 7) is 2.30. The lowest BCUT2D eigenvalue weighted by atomic mass is 9.69. The molecule has 7 heteroatoms. The van der Waals surface area contributed by atoms with Crippen molar-refractivity contribution >= 4 is 22.6 Å². The molecule has 1 N–H and O–H groups in total. The highest BCUT2D eigenvalue weighted by atomic mass is 16.5. The Morgan fingerprint density at radius 2 is 1.65 bits per heavy atom. The van der Waals surface area contributed by atoms with Crippen molar-refractivity contribution in [1.29, 1.82) is 0 Å². The van der Waals surface area contributed by atoms with Gasteiger partial charge in [-0.2, -0.15) is 0 Å². The standard InChI is InChI=1S/C36H33N3O4/c1-22-18-29(42-2)31-32(39-35(38-31)25-10-6-7-11-25)30(22)36(20-23-14-16-37-17-15-23)33(40)27-13-12-26(19-28(27)34(36)41)43-21-24-8-4-3-5-9-24/h3-5,8-9,12-19,25H,6-7,10-11,20-21H2,1-2H3,(H,38,39). The molecule has 2 aromatic heterocycles. The summed E-state index contributed by atoms with van der Waals surface area (Å²) in [5, 5.41) is 0. The van der Waals surface area contributed by atoms with E-state index in [1.807, 2.05) is 55.5 Å². The number of nitrogens with zero attached hydrogens (tertiary/aromatic N) is 2. The summed E-state index contributed by atoms with van der Waals surface area (Å²) in [5.74, 6) is 1.94. The van der Waals surface area contributed by atoms with E-state index in [9.17, 15) is 9.59 Å². The number of aromatic amines is 1. The third-order valence-corrected chi connectivity index (χ3v) is 9.06. The van der Waals surface area contributed by atoms with Gasteiger partial charge in [0, 0.05) is 35.0 Å². The average Bonchev–Trinajstić information content (AvgIpc) is 3.77. The second-order valence-electron chi connectivity index (χ2n) is 11.7. The first-order valence-corrected chi connectivity index (χ1v) is 14.9. The number of hydrogen-bond acceptors (Lipinski definition) is 6. The molecule has 3 aromatic carbocycles. The van der Waals surface area contributed by atoms with Crippen molar-refractivity contribution in [2.75, 3.05) is 7.11 Å². The zero-order valence-electron chi connectivity index (χ0n) is 24.4. The monoisotopic (exact) mass is 571 g/mol. The lowest BCUT2D eigenvalue weighted by Gasteiger charge is -2.29. The lowest BCUT2D eigenvalue weighted by Crippen LogP contribution is -2.41. The van der Waals surface area contributed by atoms with Crippen LogP contribution in [0.2, 0.25) is 0 Å². The van der Waals surface area contributed by atoms with E-state index in [4.69, 9.17) is 14.5 Å². The SMILES string of the molecule is COc1cc(C)c(C2(Cc3ccncc3)C(=O)c3ccc(OCc4ccccc4)cc3C2=O)c2nc(C3CCCC3)[nH]c12. The molecule has 1 saturated carbocycles. The van der Waals surface area contributed by atoms with Crippen LogP contribution in [0.3, 0.4) is 0 Å². The van der Waals surface area contributed by atoms with Crippen molar-refractivity contribution < 1.29 is 19.1 Å². The molecule has 2 heterocycles. The molecule has 5 aromatic rings. The number of aryl methyl sites for hydroxylation is 1. The molecule has 7 nitrogen and oxygen atoms in total. The normalized spacial score (nSPS) is 18.4. The van der Waals surface area contributed by atoms with Gasteiger partial charge in [0.25, 0.3) is 0 Å². The Bertz CT molecular complexity index is 1840. The predicted molar refractivity (Wildman–Crippen MR) is 164 cm³/mol. The number of imidazole rings is 1. The van der Waals surface area contributed by atoms with Crippen LogP contribution in [-0.2, 0) is 18.4 Å². The quantitative estimate of drug-likeness (QED) is 0.200. The fourth-order valence-electron chi connectivity index (χ4n) is 6.96. The Morgan fingerprint density at radius 3 is 2.40 bits per heavy atom. The first-order valence-electron chi connectivity index (χ1n) is 14.9. The van der Waals surface area contributed by atoms with Gasteiger partial charge in [-0.25, -0.2) is 4.98 Å². The van der Waals surface area contributed by atoms with E-state index in [1.54, 1.807) is 37.7 Å². The highest BCUT2D eigenvalue weighted by molar-refractivity contribution is 6.34. The maximum absolute atomic E-state index is 14.8. The molecule has 1 atom stereocenters. The van der Waals surface area contributed by atoms with Crippen molar-refractivity contribution in [3.8, 4) is 11.5 Å². The van der Waals surface area contributed by atoms with E-state index in [2.05, 4.69) is 9.97 Å². The van der Waals surface area contributed by atoms with Crippen LogP contribution in [0.4, 0.5) is 0 Å². The van der Waals surface area contributed by atoms with Gasteiger partial charge in [0.05, 0.1) is 12.6 Å². The van der Waals surface area contributed by atoms with Gasteiger partial charge >= 0.3 is 0 Å². The van der Waals surface area contributed by atoms with Crippen molar-refractivity contribution in [2.24, 2.45) is 0 Å². The van der Waals surface area contributed by atoms with Gasteiger partial charge in [0.1, 0.15) is 34.9 Å². The summed E-state index contributed by atoms with van der Waals surface area (Å²) in [7, 11) is 1.63. The van der Waals surface area contributed by atoms with Crippen molar-refractivity contribution in [2.45, 2.75) is 57.0 Å². The molecule has 7 rings (SSSR count). The summed E-state index contributed by atoms with van der Waals surface area (Å²) in [5.41, 5.74) is 3.92. The zero-order valence-corrected chi connectivity index (χ0v) is 24.4. The maximum atomic E-state index is 14.8. The number of rotatable bonds is 8. The number of pyridine rings is 1. The number of H-pyrrole nitrogens is 1. The molecular weight excluding hydrogens is 538 g/mol. The number of ether oxygens (including phenoxy) is 2. The van der Waals surface area contributed by atoms with Gasteiger partial charge in [-0.1, -0.05) is 43.2 Å². The summed E-state index contributed by atoms with van der Waals surface area (Å²) in [6.07, 6.45) is 8.03. The molecule has 1 unspecified atom stereocenters. The van der Waals surface area contributed by atoms with E-state index >= 15 is 0 Å². The average molecular weight is 572 g/mol. The number of ketones is 2. The number of aromatic nitrogens is 3. The van der Waals surface area contributed by atoms with Crippen LogP contribution in [0, 0.1) is 6.92 Å². The number of benzene rings is 3. The maximum Gasteiger partial charge on any atom is 0.182 e. The summed E-state index contributed by atoms with van der Waals surface area (Å²) < 4.78 is 11.9. The lowest BCUT2D eigenvalue weighted by molar-refractivity contribution is 0.0793. The van der Waals surface area contributed by atoms with Gasteiger partial charge in [0.15, 0.2) is 11.6 Å². The number of carbonyl (C=O) groups is 2. The third-order valence-electron chi connectivity index (χ3n) is 9.06. The molecular formula is C36H33N3O4. The first-order chi connectivity index (χ1) is 21.0. The molecule has 1 fully saturated rings. The predicted octanol–water partition coefficient (Wildman–Crippen LogP) is 7.07. The molecule has 0 bridgehead atoms. The van der Waals surface area contributed by atoms with E-state index in [0.29, 0.717) is 46.2 Å². The molecule has 0 spiro atoms. The van der Waals surface area contributed by atoms with Gasteiger partial charge in [-0.15, -0.1) is 0 Å². The molecule has 0 radical (unpaired) electrons. The van der Waals surface area contributed by atoms with E-state index in [0.717, 1.165) is 53.7 Å². The summed E-state index contributed by atoms with van der Waals surface area (Å²) in [6, 6.07) is 20.7. The van der Waals surface area contributed by atoms with Gasteiger partial charge in [-0.05, 0) is 79.3 Å². The smallest absolute Gasteiger partial charge is 0.182 e. The molecule has 2 aliphatic rings. The largest absolute Gasteiger partial charge is 0.494 e. The number of methoxy groups -OCH3 is 1. The Balaban J connectivity index is 1.39. The molecule has 0 saturated heterocycles. The second-order valence-corrected chi connectivity index (χ2v) is 11.7. The van der Waals surface area contributed by atoms with Crippen LogP contribution in [0.1, 0.15) is 80.4 Å². The topological polar surface area (TPSA) is 94.2 Å². The molecule has 2 aliphatic carbocycles. The minimum absolute atomic E-state index is 0.190. The van der Waals surface area contributed by atoms with Crippen LogP contribution >= 0.6 is 0 Å². The van der Waals surface area contributed by atoms with Crippen molar-refractivity contribution in [3.05, 3.63) is 118 Å². The minimum atomic E-state index is -1.50. The van der Waals surface area contributed by atoms with E-state index in [-0.39, 0.29) is 18.0 Å². The Morgan fingerprint density at radius 1 is 0.907 bits per heavy atom. The van der Waals surface area contributed by atoms with Gasteiger partial charge in [-0.3, -0.25) is 14.6 Å². The van der Waals surface area contributed by atoms with E-state index in [1.165, 1.54) is 0 Å². The Labute approximate surface area is 250 Å². The molecule has 216 valence electrons. The summed E-state index contributed by atoms with van der Waals surface area (Å²) in [4.78, 5) is 42.3. The molecule has 43 heavy (non-hydrogen) atoms. The van der Waals surface area contributed by atoms with Crippen LogP contribution in [0.15, 0.2) is 79.1 Å². The van der Waals surface area contributed by atoms with Crippen LogP contribution in [0.5, 0.6) is 11.5 Å². The highest BCUT2D eigenvalue weighted by Gasteiger charge is 2.56. The number of Topliss-reactive ketones (excluding diaryl/α,β-unsaturated/α-hetero) is 2. The van der Waals surface area contributed by atoms with Crippen molar-refractivity contribution in [3.63, 3.8) is 0 Å². The van der Waals surface area contributed by atoms with E-state index < -0.39 is 5.41 Å². The number of fused-ring (bicyclic) bond motifs is 2. The van der Waals surface area contributed by atoms with Crippen LogP contribution < -0.4 is 9.47 Å². The van der Waals surface area contributed by atoms with Crippen molar-refractivity contribution in [1.82, 2.24) is 15.0 Å². The second kappa shape index (κ2) is 10.8. The number of hydrogen-bond donors (Lipinski definition) is 1. The fourth-order valence-corrected chi connectivity index (χ4v) is 6.96. The minimum Gasteiger partial charge on any atom is -0.494 e. The van der Waals surface area contributed by atoms with Crippen LogP contribution in [0.25, 0.3) is 11.0 Å². The van der Waals surface area contributed by atoms with Gasteiger partial charge in [0.2, 0.25) is 0 Å². The Hall–Kier alpha value is -4.78. The number of carbonyl (C=O) groups excluding carboxylic acids is 2. The first kappa shape index (κ1) is 27.1. The molecule has 0 aliphatic heterocycles. The summed E-state index contributed by atoms with van der Waals surface area (Å²) >= 11 is 0. The number of nitrogens with one attached hydrogen (secondary N) is 1. The Kier molecular flexibility index (Phi) is 6.80. The van der Waals surface area contributed by atoms with Crippen LogP contribution in [-0.4, -0.2) is 33.6 Å². The third kappa shape index (κ3) is 4.51. The molecule has 0 amide bonds. The van der Waals surface area contributed by atoms with Gasteiger partial charge < -0.3 is 14.5 Å². The zero-order chi connectivity index (χ0) is 29.6.